The van der Waals surface area contributed by atoms with Crippen molar-refractivity contribution < 1.29 is 0 Å². The molecule has 0 radical (unpaired) electrons. The van der Waals surface area contributed by atoms with E-state index in [2.05, 4.69) is 64.5 Å². The Balaban J connectivity index is 1.29. The van der Waals surface area contributed by atoms with Crippen LogP contribution in [0.1, 0.15) is 48.5 Å². The van der Waals surface area contributed by atoms with Gasteiger partial charge >= 0.3 is 0 Å². The van der Waals surface area contributed by atoms with E-state index in [-0.39, 0.29) is 0 Å². The second-order valence-electron chi connectivity index (χ2n) is 7.69. The average molecular weight is 330 g/mol. The van der Waals surface area contributed by atoms with E-state index in [0.29, 0.717) is 6.04 Å². The van der Waals surface area contributed by atoms with E-state index < -0.39 is 0 Å². The third kappa shape index (κ3) is 2.69. The van der Waals surface area contributed by atoms with Crippen molar-refractivity contribution in [1.29, 1.82) is 0 Å². The Morgan fingerprint density at radius 3 is 2.68 bits per heavy atom. The summed E-state index contributed by atoms with van der Waals surface area (Å²) in [5.41, 5.74) is 5.91. The number of nitrogens with one attached hydrogen (secondary N) is 1. The van der Waals surface area contributed by atoms with Gasteiger partial charge in [0.05, 0.1) is 0 Å². The summed E-state index contributed by atoms with van der Waals surface area (Å²) in [6.45, 7) is 1.25. The number of aryl methyl sites for hydroxylation is 1. The molecule has 128 valence electrons. The molecule has 2 nitrogen and oxygen atoms in total. The lowest BCUT2D eigenvalue weighted by Crippen LogP contribution is -2.37. The molecule has 2 bridgehead atoms. The van der Waals surface area contributed by atoms with Crippen molar-refractivity contribution in [3.63, 3.8) is 0 Å². The van der Waals surface area contributed by atoms with Crippen LogP contribution in [0.15, 0.2) is 54.6 Å². The molecule has 0 unspecified atom stereocenters. The fourth-order valence-electron chi connectivity index (χ4n) is 5.07. The maximum atomic E-state index is 3.70. The summed E-state index contributed by atoms with van der Waals surface area (Å²) in [6, 6.07) is 21.2. The number of para-hydroxylation sites is 1. The Kier molecular flexibility index (Phi) is 3.86. The molecule has 0 saturated carbocycles. The van der Waals surface area contributed by atoms with Gasteiger partial charge in [-0.25, -0.2) is 0 Å². The number of hydrogen-bond donors (Lipinski definition) is 1. The number of H-pyrrole nitrogens is 1. The molecule has 2 atom stereocenters. The number of unbranched alkanes of at least 4 members (excludes halogenated alkanes) is 1. The summed E-state index contributed by atoms with van der Waals surface area (Å²) in [4.78, 5) is 6.51. The molecule has 25 heavy (non-hydrogen) atoms. The van der Waals surface area contributed by atoms with E-state index in [1.165, 1.54) is 67.2 Å². The molecule has 1 saturated heterocycles. The summed E-state index contributed by atoms with van der Waals surface area (Å²) in [7, 11) is 0. The molecule has 0 aliphatic carbocycles. The van der Waals surface area contributed by atoms with Crippen molar-refractivity contribution >= 4 is 10.9 Å². The van der Waals surface area contributed by atoms with Gasteiger partial charge in [-0.05, 0) is 55.8 Å². The molecule has 5 rings (SSSR count). The molecular weight excluding hydrogens is 304 g/mol. The number of fused-ring (bicyclic) bond motifs is 6. The highest BCUT2D eigenvalue weighted by molar-refractivity contribution is 5.85. The van der Waals surface area contributed by atoms with Crippen LogP contribution in [0, 0.1) is 0 Å². The normalized spacial score (nSPS) is 22.4. The van der Waals surface area contributed by atoms with Gasteiger partial charge in [0.1, 0.15) is 0 Å². The van der Waals surface area contributed by atoms with E-state index in [9.17, 15) is 0 Å². The molecule has 1 N–H and O–H groups in total. The van der Waals surface area contributed by atoms with E-state index in [0.717, 1.165) is 6.04 Å². The molecule has 2 aromatic carbocycles. The number of hydrogen-bond acceptors (Lipinski definition) is 1. The minimum Gasteiger partial charge on any atom is -0.358 e. The largest absolute Gasteiger partial charge is 0.358 e. The van der Waals surface area contributed by atoms with Crippen LogP contribution in [0.5, 0.6) is 0 Å². The lowest BCUT2D eigenvalue weighted by molar-refractivity contribution is 0.174. The maximum Gasteiger partial charge on any atom is 0.0459 e. The van der Waals surface area contributed by atoms with Gasteiger partial charge in [-0.1, -0.05) is 48.5 Å². The monoisotopic (exact) mass is 330 g/mol. The Morgan fingerprint density at radius 1 is 0.920 bits per heavy atom. The van der Waals surface area contributed by atoms with E-state index in [1.54, 1.807) is 5.56 Å². The first kappa shape index (κ1) is 15.2. The van der Waals surface area contributed by atoms with Crippen LogP contribution in [-0.2, 0) is 12.8 Å². The van der Waals surface area contributed by atoms with Gasteiger partial charge < -0.3 is 4.98 Å². The maximum absolute atomic E-state index is 3.70. The first-order valence-electron chi connectivity index (χ1n) is 9.79. The summed E-state index contributed by atoms with van der Waals surface area (Å²) in [6.07, 6.45) is 7.71. The molecule has 1 fully saturated rings. The van der Waals surface area contributed by atoms with Crippen LogP contribution < -0.4 is 0 Å². The van der Waals surface area contributed by atoms with Crippen LogP contribution in [-0.4, -0.2) is 22.5 Å². The highest BCUT2D eigenvalue weighted by Crippen LogP contribution is 2.46. The minimum atomic E-state index is 0.640. The number of nitrogens with zero attached hydrogens (tertiary/aromatic N) is 1. The zero-order chi connectivity index (χ0) is 16.6. The van der Waals surface area contributed by atoms with Crippen LogP contribution in [0.2, 0.25) is 0 Å². The zero-order valence-corrected chi connectivity index (χ0v) is 14.7. The smallest absolute Gasteiger partial charge is 0.0459 e. The molecule has 2 heteroatoms. The molecule has 2 aliphatic rings. The van der Waals surface area contributed by atoms with Gasteiger partial charge in [-0.2, -0.15) is 0 Å². The summed E-state index contributed by atoms with van der Waals surface area (Å²) < 4.78 is 0. The number of aromatic nitrogens is 1. The topological polar surface area (TPSA) is 19.0 Å². The number of aromatic amines is 1. The van der Waals surface area contributed by atoms with Crippen molar-refractivity contribution in [1.82, 2.24) is 9.88 Å². The van der Waals surface area contributed by atoms with Crippen molar-refractivity contribution in [3.8, 4) is 0 Å². The summed E-state index contributed by atoms with van der Waals surface area (Å²) in [5, 5.41) is 1.46. The number of rotatable bonds is 5. The quantitative estimate of drug-likeness (QED) is 0.633. The molecule has 3 aromatic rings. The standard InChI is InChI=1S/C23H26N2/c1-2-8-17(9-3-1)10-6-7-15-25-18-13-14-22(25)23-19-11-4-5-12-20(19)24-21(23)16-18/h1-5,8-9,11-12,18,22,24H,6-7,10,13-16H2/t18-,22+/m0/s1. The van der Waals surface area contributed by atoms with Crippen molar-refractivity contribution in [2.45, 2.75) is 50.6 Å². The molecule has 1 aromatic heterocycles. The molecule has 0 amide bonds. The molecular formula is C23H26N2. The highest BCUT2D eigenvalue weighted by atomic mass is 15.2. The fraction of sp³-hybridized carbons (Fsp3) is 0.391. The van der Waals surface area contributed by atoms with Gasteiger partial charge in [0.15, 0.2) is 0 Å². The van der Waals surface area contributed by atoms with Crippen molar-refractivity contribution in [3.05, 3.63) is 71.4 Å². The van der Waals surface area contributed by atoms with Crippen LogP contribution >= 0.6 is 0 Å². The molecule has 0 spiro atoms. The Hall–Kier alpha value is -2.06. The molecule has 2 aliphatic heterocycles. The van der Waals surface area contributed by atoms with E-state index in [1.807, 2.05) is 0 Å². The van der Waals surface area contributed by atoms with Gasteiger partial charge in [0.25, 0.3) is 0 Å². The zero-order valence-electron chi connectivity index (χ0n) is 14.7. The summed E-state index contributed by atoms with van der Waals surface area (Å²) in [5.74, 6) is 0. The number of benzene rings is 2. The van der Waals surface area contributed by atoms with Crippen molar-refractivity contribution in [2.75, 3.05) is 6.54 Å². The summed E-state index contributed by atoms with van der Waals surface area (Å²) >= 11 is 0. The third-order valence-corrected chi connectivity index (χ3v) is 6.22. The lowest BCUT2D eigenvalue weighted by atomic mass is 9.96. The predicted octanol–water partition coefficient (Wildman–Crippen LogP) is 5.25. The highest BCUT2D eigenvalue weighted by Gasteiger charge is 2.41. The fourth-order valence-corrected chi connectivity index (χ4v) is 5.07. The Bertz CT molecular complexity index is 864. The Labute approximate surface area is 149 Å². The van der Waals surface area contributed by atoms with Crippen LogP contribution in [0.3, 0.4) is 0 Å². The first-order chi connectivity index (χ1) is 12.4. The van der Waals surface area contributed by atoms with Gasteiger partial charge in [-0.15, -0.1) is 0 Å². The minimum absolute atomic E-state index is 0.640. The van der Waals surface area contributed by atoms with E-state index in [4.69, 9.17) is 0 Å². The van der Waals surface area contributed by atoms with Gasteiger partial charge in [-0.3, -0.25) is 4.90 Å². The third-order valence-electron chi connectivity index (χ3n) is 6.22. The lowest BCUT2D eigenvalue weighted by Gasteiger charge is -2.35. The second-order valence-corrected chi connectivity index (χ2v) is 7.69. The van der Waals surface area contributed by atoms with Gasteiger partial charge in [0, 0.05) is 35.1 Å². The van der Waals surface area contributed by atoms with Gasteiger partial charge in [0.2, 0.25) is 0 Å². The first-order valence-corrected chi connectivity index (χ1v) is 9.79. The Morgan fingerprint density at radius 2 is 1.76 bits per heavy atom. The predicted molar refractivity (Wildman–Crippen MR) is 104 cm³/mol. The average Bonchev–Trinajstić information content (AvgIpc) is 3.16. The molecule has 3 heterocycles. The van der Waals surface area contributed by atoms with Crippen LogP contribution in [0.4, 0.5) is 0 Å². The van der Waals surface area contributed by atoms with E-state index >= 15 is 0 Å². The second kappa shape index (κ2) is 6.34. The van der Waals surface area contributed by atoms with Crippen molar-refractivity contribution in [2.24, 2.45) is 0 Å². The SMILES string of the molecule is c1ccc(CCCCN2[C@H]3CC[C@@H]2c2c([nH]c4ccccc24)C3)cc1. The van der Waals surface area contributed by atoms with Crippen LogP contribution in [0.25, 0.3) is 10.9 Å².